The molecule has 2 aliphatic heterocycles. The van der Waals surface area contributed by atoms with Gasteiger partial charge in [-0.3, -0.25) is 9.59 Å². The number of methoxy groups -OCH3 is 1. The van der Waals surface area contributed by atoms with Crippen LogP contribution < -0.4 is 11.1 Å². The normalized spacial score (nSPS) is 38.3. The number of hydrogen-bond donors (Lipinski definition) is 6. The average Bonchev–Trinajstić information content (AvgIpc) is 2.85. The van der Waals surface area contributed by atoms with Crippen LogP contribution in [-0.2, 0) is 18.9 Å². The molecular formula is C22H32N2O10. The minimum atomic E-state index is -1.37. The molecule has 0 spiro atoms. The maximum atomic E-state index is 12.9. The fourth-order valence-electron chi connectivity index (χ4n) is 4.21. The first-order chi connectivity index (χ1) is 16.2. The molecule has 190 valence electrons. The number of hydrogen-bond acceptors (Lipinski definition) is 11. The third kappa shape index (κ3) is 5.46. The van der Waals surface area contributed by atoms with Crippen molar-refractivity contribution >= 4 is 12.2 Å². The summed E-state index contributed by atoms with van der Waals surface area (Å²) in [5, 5.41) is 43.8. The zero-order valence-electron chi connectivity index (χ0n) is 18.9. The maximum absolute atomic E-state index is 12.9. The fourth-order valence-corrected chi connectivity index (χ4v) is 4.21. The smallest absolute Gasteiger partial charge is 0.251 e. The van der Waals surface area contributed by atoms with Gasteiger partial charge in [0, 0.05) is 18.2 Å². The van der Waals surface area contributed by atoms with Gasteiger partial charge in [-0.1, -0.05) is 12.1 Å². The first-order valence-electron chi connectivity index (χ1n) is 10.9. The first kappa shape index (κ1) is 26.6. The van der Waals surface area contributed by atoms with E-state index in [2.05, 4.69) is 5.32 Å². The zero-order chi connectivity index (χ0) is 25.0. The van der Waals surface area contributed by atoms with Crippen molar-refractivity contribution < 1.29 is 49.0 Å². The summed E-state index contributed by atoms with van der Waals surface area (Å²) in [6, 6.07) is 3.78. The van der Waals surface area contributed by atoms with Crippen LogP contribution in [0, 0.1) is 0 Å². The Morgan fingerprint density at radius 1 is 1.09 bits per heavy atom. The SMILES string of the molecule is COC1C(CO)OC(OC2C(CO)OC(C)C(N)C2O)C(NC(=O)c2ccc(C=O)cc2)C1O. The Hall–Kier alpha value is -2.00. The van der Waals surface area contributed by atoms with E-state index in [1.165, 1.54) is 31.4 Å². The van der Waals surface area contributed by atoms with Gasteiger partial charge in [0.05, 0.1) is 25.4 Å². The molecule has 2 saturated heterocycles. The van der Waals surface area contributed by atoms with Gasteiger partial charge in [0.2, 0.25) is 0 Å². The molecule has 0 aromatic heterocycles. The fraction of sp³-hybridized carbons (Fsp3) is 0.636. The van der Waals surface area contributed by atoms with Crippen LogP contribution in [0.5, 0.6) is 0 Å². The second-order valence-electron chi connectivity index (χ2n) is 8.39. The highest BCUT2D eigenvalue weighted by molar-refractivity contribution is 5.95. The van der Waals surface area contributed by atoms with E-state index in [9.17, 15) is 30.0 Å². The maximum Gasteiger partial charge on any atom is 0.251 e. The lowest BCUT2D eigenvalue weighted by Crippen LogP contribution is -2.68. The van der Waals surface area contributed by atoms with Crippen molar-refractivity contribution in [1.82, 2.24) is 5.32 Å². The van der Waals surface area contributed by atoms with E-state index in [0.29, 0.717) is 11.8 Å². The summed E-state index contributed by atoms with van der Waals surface area (Å²) in [7, 11) is 1.32. The molecule has 2 aliphatic rings. The summed E-state index contributed by atoms with van der Waals surface area (Å²) in [5.74, 6) is -0.597. The van der Waals surface area contributed by atoms with Gasteiger partial charge in [0.25, 0.3) is 5.91 Å². The molecule has 1 aromatic rings. The Balaban J connectivity index is 1.86. The number of ether oxygens (including phenoxy) is 4. The molecule has 10 unspecified atom stereocenters. The molecule has 12 nitrogen and oxygen atoms in total. The van der Waals surface area contributed by atoms with Gasteiger partial charge in [-0.2, -0.15) is 0 Å². The number of carbonyl (C=O) groups is 2. The van der Waals surface area contributed by atoms with Crippen molar-refractivity contribution in [3.63, 3.8) is 0 Å². The lowest BCUT2D eigenvalue weighted by molar-refractivity contribution is -0.314. The second kappa shape index (κ2) is 11.6. The van der Waals surface area contributed by atoms with Crippen LogP contribution in [0.4, 0.5) is 0 Å². The summed E-state index contributed by atoms with van der Waals surface area (Å²) in [4.78, 5) is 23.7. The lowest BCUT2D eigenvalue weighted by Gasteiger charge is -2.47. The minimum Gasteiger partial charge on any atom is -0.394 e. The molecule has 12 heteroatoms. The molecule has 3 rings (SSSR count). The van der Waals surface area contributed by atoms with Crippen LogP contribution in [-0.4, -0.2) is 114 Å². The Labute approximate surface area is 196 Å². The van der Waals surface area contributed by atoms with E-state index in [1.807, 2.05) is 0 Å². The molecule has 0 saturated carbocycles. The van der Waals surface area contributed by atoms with Gasteiger partial charge in [-0.25, -0.2) is 0 Å². The Morgan fingerprint density at radius 3 is 2.26 bits per heavy atom. The Morgan fingerprint density at radius 2 is 1.71 bits per heavy atom. The molecule has 1 aromatic carbocycles. The number of aliphatic hydroxyl groups excluding tert-OH is 4. The van der Waals surface area contributed by atoms with E-state index in [0.717, 1.165) is 0 Å². The molecule has 0 bridgehead atoms. The van der Waals surface area contributed by atoms with Crippen molar-refractivity contribution in [3.05, 3.63) is 35.4 Å². The molecule has 10 atom stereocenters. The van der Waals surface area contributed by atoms with Crippen LogP contribution in [0.1, 0.15) is 27.6 Å². The average molecular weight is 485 g/mol. The van der Waals surface area contributed by atoms with Crippen molar-refractivity contribution in [2.45, 2.75) is 68.0 Å². The van der Waals surface area contributed by atoms with Crippen molar-refractivity contribution in [3.8, 4) is 0 Å². The van der Waals surface area contributed by atoms with E-state index >= 15 is 0 Å². The molecule has 2 fully saturated rings. The number of rotatable bonds is 8. The molecule has 1 amide bonds. The van der Waals surface area contributed by atoms with Gasteiger partial charge in [-0.05, 0) is 19.1 Å². The number of amides is 1. The molecular weight excluding hydrogens is 452 g/mol. The Kier molecular flexibility index (Phi) is 9.09. The van der Waals surface area contributed by atoms with Crippen LogP contribution in [0.3, 0.4) is 0 Å². The predicted molar refractivity (Wildman–Crippen MR) is 116 cm³/mol. The standard InChI is InChI=1S/C22H32N2O10/c1-10-15(23)17(28)20(14(9-27)32-10)34-22-16(18(29)19(31-2)13(8-26)33-22)24-21(30)12-5-3-11(7-25)4-6-12/h3-7,10,13-20,22,26-29H,8-9,23H2,1-2H3,(H,24,30). The highest BCUT2D eigenvalue weighted by Crippen LogP contribution is 2.29. The van der Waals surface area contributed by atoms with Crippen molar-refractivity contribution in [2.24, 2.45) is 5.73 Å². The van der Waals surface area contributed by atoms with Crippen molar-refractivity contribution in [2.75, 3.05) is 20.3 Å². The minimum absolute atomic E-state index is 0.208. The third-order valence-electron chi connectivity index (χ3n) is 6.23. The quantitative estimate of drug-likeness (QED) is 0.215. The van der Waals surface area contributed by atoms with Gasteiger partial charge in [0.1, 0.15) is 49.0 Å². The zero-order valence-corrected chi connectivity index (χ0v) is 18.9. The number of aliphatic hydroxyl groups is 4. The highest BCUT2D eigenvalue weighted by Gasteiger charge is 2.50. The number of nitrogens with two attached hydrogens (primary N) is 1. The summed E-state index contributed by atoms with van der Waals surface area (Å²) >= 11 is 0. The number of nitrogens with one attached hydrogen (secondary N) is 1. The van der Waals surface area contributed by atoms with Crippen LogP contribution in [0.25, 0.3) is 0 Å². The summed E-state index contributed by atoms with van der Waals surface area (Å²) < 4.78 is 22.6. The van der Waals surface area contributed by atoms with Crippen LogP contribution in [0.2, 0.25) is 0 Å². The van der Waals surface area contributed by atoms with Gasteiger partial charge in [0.15, 0.2) is 6.29 Å². The van der Waals surface area contributed by atoms with Crippen LogP contribution in [0.15, 0.2) is 24.3 Å². The molecule has 7 N–H and O–H groups in total. The highest BCUT2D eigenvalue weighted by atomic mass is 16.7. The summed E-state index contributed by atoms with van der Waals surface area (Å²) in [6.45, 7) is 0.642. The lowest BCUT2D eigenvalue weighted by atomic mass is 9.93. The number of aldehydes is 1. The van der Waals surface area contributed by atoms with E-state index in [4.69, 9.17) is 24.7 Å². The third-order valence-corrected chi connectivity index (χ3v) is 6.23. The number of carbonyl (C=O) groups excluding carboxylic acids is 2. The van der Waals surface area contributed by atoms with Gasteiger partial charge < -0.3 is 50.4 Å². The molecule has 0 aliphatic carbocycles. The van der Waals surface area contributed by atoms with E-state index in [-0.39, 0.29) is 5.56 Å². The van der Waals surface area contributed by atoms with Crippen LogP contribution >= 0.6 is 0 Å². The van der Waals surface area contributed by atoms with Gasteiger partial charge >= 0.3 is 0 Å². The number of benzene rings is 1. The predicted octanol–water partition coefficient (Wildman–Crippen LogP) is -2.46. The summed E-state index contributed by atoms with van der Waals surface area (Å²) in [6.07, 6.45) is -8.02. The van der Waals surface area contributed by atoms with Crippen molar-refractivity contribution in [1.29, 1.82) is 0 Å². The first-order valence-corrected chi connectivity index (χ1v) is 10.9. The molecule has 0 radical (unpaired) electrons. The molecule has 34 heavy (non-hydrogen) atoms. The topological polar surface area (TPSA) is 190 Å². The largest absolute Gasteiger partial charge is 0.394 e. The summed E-state index contributed by atoms with van der Waals surface area (Å²) in [5.41, 5.74) is 6.59. The monoisotopic (exact) mass is 484 g/mol. The van der Waals surface area contributed by atoms with E-state index < -0.39 is 80.2 Å². The van der Waals surface area contributed by atoms with Gasteiger partial charge in [-0.15, -0.1) is 0 Å². The second-order valence-corrected chi connectivity index (χ2v) is 8.39. The Bertz CT molecular complexity index is 822. The van der Waals surface area contributed by atoms with E-state index in [1.54, 1.807) is 6.92 Å². The molecule has 2 heterocycles.